The molecule has 0 atom stereocenters. The second-order valence-corrected chi connectivity index (χ2v) is 5.21. The summed E-state index contributed by atoms with van der Waals surface area (Å²) in [7, 11) is 1.86. The minimum absolute atomic E-state index is 0.741. The zero-order chi connectivity index (χ0) is 13.8. The van der Waals surface area contributed by atoms with Gasteiger partial charge in [-0.05, 0) is 44.9 Å². The van der Waals surface area contributed by atoms with Crippen LogP contribution in [0.1, 0.15) is 31.9 Å². The maximum Gasteiger partial charge on any atom is 0.323 e. The van der Waals surface area contributed by atoms with E-state index in [1.807, 2.05) is 11.9 Å². The van der Waals surface area contributed by atoms with Gasteiger partial charge in [0, 0.05) is 6.54 Å². The molecule has 1 rings (SSSR count). The molecule has 0 amide bonds. The first-order chi connectivity index (χ1) is 8.37. The molecule has 0 unspecified atom stereocenters. The van der Waals surface area contributed by atoms with Crippen LogP contribution in [0.3, 0.4) is 0 Å². The van der Waals surface area contributed by atoms with E-state index in [0.717, 1.165) is 19.4 Å². The fourth-order valence-electron chi connectivity index (χ4n) is 1.68. The Hall–Kier alpha value is -1.35. The van der Waals surface area contributed by atoms with Gasteiger partial charge in [0.05, 0.1) is 0 Å². The molecular weight excluding hydrogens is 226 g/mol. The van der Waals surface area contributed by atoms with Gasteiger partial charge in [-0.25, -0.2) is 0 Å². The van der Waals surface area contributed by atoms with E-state index < -0.39 is 11.5 Å². The molecule has 0 spiro atoms. The third-order valence-corrected chi connectivity index (χ3v) is 3.64. The molecule has 0 aliphatic rings. The maximum atomic E-state index is 11.1. The van der Waals surface area contributed by atoms with Gasteiger partial charge in [-0.1, -0.05) is 31.2 Å². The van der Waals surface area contributed by atoms with Crippen molar-refractivity contribution in [3.8, 4) is 0 Å². The predicted octanol–water partition coefficient (Wildman–Crippen LogP) is 2.59. The lowest BCUT2D eigenvalue weighted by atomic mass is 10.0. The molecule has 0 aromatic heterocycles. The van der Waals surface area contributed by atoms with Crippen LogP contribution in [0.15, 0.2) is 24.3 Å². The smallest absolute Gasteiger partial charge is 0.323 e. The number of carboxylic acid groups (broad SMARTS) is 1. The van der Waals surface area contributed by atoms with Gasteiger partial charge in [0.2, 0.25) is 0 Å². The third-order valence-electron chi connectivity index (χ3n) is 3.64. The number of rotatable bonds is 6. The van der Waals surface area contributed by atoms with Crippen LogP contribution in [0.25, 0.3) is 0 Å². The average Bonchev–Trinajstić information content (AvgIpc) is 2.36. The van der Waals surface area contributed by atoms with Gasteiger partial charge in [0.15, 0.2) is 0 Å². The molecule has 0 fully saturated rings. The number of hydrogen-bond acceptors (Lipinski definition) is 2. The van der Waals surface area contributed by atoms with Crippen molar-refractivity contribution < 1.29 is 9.90 Å². The summed E-state index contributed by atoms with van der Waals surface area (Å²) in [6.45, 7) is 6.34. The van der Waals surface area contributed by atoms with Gasteiger partial charge in [0.25, 0.3) is 0 Å². The van der Waals surface area contributed by atoms with Crippen molar-refractivity contribution in [3.05, 3.63) is 35.4 Å². The summed E-state index contributed by atoms with van der Waals surface area (Å²) in [5.74, 6) is -0.786. The minimum atomic E-state index is -0.816. The Morgan fingerprint density at radius 3 is 2.17 bits per heavy atom. The van der Waals surface area contributed by atoms with Crippen LogP contribution in [0.2, 0.25) is 0 Å². The monoisotopic (exact) mass is 249 g/mol. The highest BCUT2D eigenvalue weighted by Gasteiger charge is 2.31. The molecule has 0 heterocycles. The van der Waals surface area contributed by atoms with Crippen molar-refractivity contribution in [1.82, 2.24) is 4.90 Å². The Kier molecular flexibility index (Phi) is 4.91. The van der Waals surface area contributed by atoms with Crippen LogP contribution in [0, 0.1) is 0 Å². The van der Waals surface area contributed by atoms with Crippen molar-refractivity contribution in [1.29, 1.82) is 0 Å². The molecule has 3 nitrogen and oxygen atoms in total. The van der Waals surface area contributed by atoms with Gasteiger partial charge >= 0.3 is 5.97 Å². The maximum absolute atomic E-state index is 11.1. The second kappa shape index (κ2) is 6.01. The molecule has 18 heavy (non-hydrogen) atoms. The summed E-state index contributed by atoms with van der Waals surface area (Å²) in [6, 6.07) is 8.52. The Bertz CT molecular complexity index is 395. The van der Waals surface area contributed by atoms with Crippen molar-refractivity contribution in [2.24, 2.45) is 0 Å². The summed E-state index contributed by atoms with van der Waals surface area (Å²) in [6.07, 6.45) is 1.92. The molecule has 0 aliphatic carbocycles. The van der Waals surface area contributed by atoms with Crippen LogP contribution in [-0.2, 0) is 17.6 Å². The number of hydrogen-bond donors (Lipinski definition) is 1. The standard InChI is InChI=1S/C15H23NO2/c1-5-12-6-8-13(9-7-12)10-11-16(4)15(2,3)14(17)18/h6-9H,5,10-11H2,1-4H3,(H,17,18). The first kappa shape index (κ1) is 14.7. The van der Waals surface area contributed by atoms with Crippen molar-refractivity contribution in [2.75, 3.05) is 13.6 Å². The van der Waals surface area contributed by atoms with E-state index in [0.29, 0.717) is 0 Å². The minimum Gasteiger partial charge on any atom is -0.480 e. The van der Waals surface area contributed by atoms with E-state index in [-0.39, 0.29) is 0 Å². The van der Waals surface area contributed by atoms with Gasteiger partial charge < -0.3 is 5.11 Å². The highest BCUT2D eigenvalue weighted by molar-refractivity contribution is 5.77. The summed E-state index contributed by atoms with van der Waals surface area (Å²) in [5.41, 5.74) is 1.77. The lowest BCUT2D eigenvalue weighted by Crippen LogP contribution is -2.48. The Labute approximate surface area is 109 Å². The highest BCUT2D eigenvalue weighted by atomic mass is 16.4. The van der Waals surface area contributed by atoms with Gasteiger partial charge in [-0.2, -0.15) is 0 Å². The first-order valence-corrected chi connectivity index (χ1v) is 6.40. The van der Waals surface area contributed by atoms with E-state index in [4.69, 9.17) is 5.11 Å². The summed E-state index contributed by atoms with van der Waals surface area (Å²) >= 11 is 0. The fraction of sp³-hybridized carbons (Fsp3) is 0.533. The van der Waals surface area contributed by atoms with Crippen LogP contribution < -0.4 is 0 Å². The van der Waals surface area contributed by atoms with Crippen LogP contribution in [0.4, 0.5) is 0 Å². The van der Waals surface area contributed by atoms with E-state index in [9.17, 15) is 4.79 Å². The van der Waals surface area contributed by atoms with Crippen LogP contribution in [-0.4, -0.2) is 35.1 Å². The molecule has 0 bridgehead atoms. The molecule has 3 heteroatoms. The van der Waals surface area contributed by atoms with E-state index in [2.05, 4.69) is 31.2 Å². The Morgan fingerprint density at radius 1 is 1.22 bits per heavy atom. The zero-order valence-corrected chi connectivity index (χ0v) is 11.7. The molecule has 0 saturated heterocycles. The van der Waals surface area contributed by atoms with Crippen molar-refractivity contribution >= 4 is 5.97 Å². The zero-order valence-electron chi connectivity index (χ0n) is 11.7. The second-order valence-electron chi connectivity index (χ2n) is 5.21. The normalized spacial score (nSPS) is 11.8. The molecule has 1 N–H and O–H groups in total. The third kappa shape index (κ3) is 3.57. The lowest BCUT2D eigenvalue weighted by Gasteiger charge is -2.31. The van der Waals surface area contributed by atoms with Crippen molar-refractivity contribution in [2.45, 2.75) is 39.2 Å². The van der Waals surface area contributed by atoms with Gasteiger partial charge in [-0.15, -0.1) is 0 Å². The topological polar surface area (TPSA) is 40.5 Å². The number of carbonyl (C=O) groups is 1. The number of carboxylic acids is 1. The first-order valence-electron chi connectivity index (χ1n) is 6.40. The molecule has 0 radical (unpaired) electrons. The number of likely N-dealkylation sites (N-methyl/N-ethyl adjacent to an activating group) is 1. The molecule has 1 aromatic carbocycles. The van der Waals surface area contributed by atoms with Gasteiger partial charge in [0.1, 0.15) is 5.54 Å². The number of aliphatic carboxylic acids is 1. The van der Waals surface area contributed by atoms with Crippen LogP contribution >= 0.6 is 0 Å². The van der Waals surface area contributed by atoms with Gasteiger partial charge in [-0.3, -0.25) is 9.69 Å². The summed E-state index contributed by atoms with van der Waals surface area (Å²) in [4.78, 5) is 13.0. The number of benzene rings is 1. The fourth-order valence-corrected chi connectivity index (χ4v) is 1.68. The Morgan fingerprint density at radius 2 is 1.72 bits per heavy atom. The molecule has 0 saturated carbocycles. The molecule has 1 aromatic rings. The highest BCUT2D eigenvalue weighted by Crippen LogP contribution is 2.14. The SMILES string of the molecule is CCc1ccc(CCN(C)C(C)(C)C(=O)O)cc1. The Balaban J connectivity index is 2.56. The van der Waals surface area contributed by atoms with Crippen LogP contribution in [0.5, 0.6) is 0 Å². The molecular formula is C15H23NO2. The quantitative estimate of drug-likeness (QED) is 0.842. The number of aryl methyl sites for hydroxylation is 1. The predicted molar refractivity (Wildman–Crippen MR) is 73.9 cm³/mol. The lowest BCUT2D eigenvalue weighted by molar-refractivity contribution is -0.148. The summed E-state index contributed by atoms with van der Waals surface area (Å²) < 4.78 is 0. The van der Waals surface area contributed by atoms with E-state index in [1.54, 1.807) is 13.8 Å². The average molecular weight is 249 g/mol. The molecule has 0 aliphatic heterocycles. The summed E-state index contributed by atoms with van der Waals surface area (Å²) in [5, 5.41) is 9.14. The van der Waals surface area contributed by atoms with E-state index >= 15 is 0 Å². The molecule has 100 valence electrons. The van der Waals surface area contributed by atoms with Crippen molar-refractivity contribution in [3.63, 3.8) is 0 Å². The van der Waals surface area contributed by atoms with E-state index in [1.165, 1.54) is 11.1 Å². The number of nitrogens with zero attached hydrogens (tertiary/aromatic N) is 1. The largest absolute Gasteiger partial charge is 0.480 e.